The highest BCUT2D eigenvalue weighted by Gasteiger charge is 2.22. The van der Waals surface area contributed by atoms with Gasteiger partial charge in [-0.1, -0.05) is 37.3 Å². The van der Waals surface area contributed by atoms with Gasteiger partial charge in [0.15, 0.2) is 11.6 Å². The lowest BCUT2D eigenvalue weighted by Crippen LogP contribution is -2.42. The lowest BCUT2D eigenvalue weighted by atomic mass is 9.98. The molecule has 0 saturated carbocycles. The summed E-state index contributed by atoms with van der Waals surface area (Å²) in [4.78, 5) is 13.1. The molecular formula is C28H29ClF2N6O3S. The van der Waals surface area contributed by atoms with Crippen LogP contribution in [0, 0.1) is 17.6 Å². The summed E-state index contributed by atoms with van der Waals surface area (Å²) >= 11 is 0. The van der Waals surface area contributed by atoms with Gasteiger partial charge in [-0.15, -0.1) is 12.4 Å². The number of pyridine rings is 1. The fourth-order valence-electron chi connectivity index (χ4n) is 4.49. The number of piperidine rings is 1. The summed E-state index contributed by atoms with van der Waals surface area (Å²) in [6, 6.07) is 15.8. The molecule has 1 saturated heterocycles. The third-order valence-corrected chi connectivity index (χ3v) is 7.57. The van der Waals surface area contributed by atoms with Crippen LogP contribution in [0.1, 0.15) is 18.9 Å². The van der Waals surface area contributed by atoms with Crippen LogP contribution in [0.3, 0.4) is 0 Å². The van der Waals surface area contributed by atoms with Gasteiger partial charge in [-0.05, 0) is 54.8 Å². The Labute approximate surface area is 243 Å². The molecule has 3 N–H and O–H groups in total. The summed E-state index contributed by atoms with van der Waals surface area (Å²) in [7, 11) is -3.99. The molecule has 4 aromatic rings. The first kappa shape index (κ1) is 30.1. The molecule has 1 aliphatic heterocycles. The Kier molecular flexibility index (Phi) is 9.69. The van der Waals surface area contributed by atoms with Crippen LogP contribution >= 0.6 is 12.4 Å². The molecule has 2 atom stereocenters. The van der Waals surface area contributed by atoms with Gasteiger partial charge < -0.3 is 15.4 Å². The maximum Gasteiger partial charge on any atom is 0.237 e. The van der Waals surface area contributed by atoms with Gasteiger partial charge in [0.05, 0.1) is 22.7 Å². The Morgan fingerprint density at radius 1 is 0.976 bits per heavy atom. The lowest BCUT2D eigenvalue weighted by molar-refractivity contribution is 0.377. The van der Waals surface area contributed by atoms with E-state index < -0.39 is 38.8 Å². The number of benzene rings is 2. The van der Waals surface area contributed by atoms with Crippen molar-refractivity contribution in [3.05, 3.63) is 90.3 Å². The molecular weight excluding hydrogens is 574 g/mol. The van der Waals surface area contributed by atoms with Crippen molar-refractivity contribution >= 4 is 34.1 Å². The van der Waals surface area contributed by atoms with Crippen LogP contribution < -0.4 is 20.1 Å². The van der Waals surface area contributed by atoms with E-state index in [2.05, 4.69) is 37.2 Å². The fourth-order valence-corrected chi connectivity index (χ4v) is 5.68. The largest absolute Gasteiger partial charge is 0.435 e. The monoisotopic (exact) mass is 602 g/mol. The number of hydrogen-bond donors (Lipinski definition) is 3. The number of aromatic nitrogens is 3. The predicted molar refractivity (Wildman–Crippen MR) is 156 cm³/mol. The SMILES string of the molecule is C[C@H]1CNC[C@@H](Nc2nccc(-c3cccnc3Oc3ccc(NS(=O)(=O)Cc4ccccc4)c(F)c3F)n2)C1.Cl. The lowest BCUT2D eigenvalue weighted by Gasteiger charge is -2.28. The normalized spacial score (nSPS) is 16.9. The molecule has 0 bridgehead atoms. The van der Waals surface area contributed by atoms with Crippen molar-refractivity contribution in [2.24, 2.45) is 5.92 Å². The second-order valence-corrected chi connectivity index (χ2v) is 11.4. The molecule has 3 heterocycles. The van der Waals surface area contributed by atoms with Gasteiger partial charge in [0.2, 0.25) is 27.7 Å². The summed E-state index contributed by atoms with van der Waals surface area (Å²) in [6.45, 7) is 3.93. The second-order valence-electron chi connectivity index (χ2n) is 9.65. The van der Waals surface area contributed by atoms with Crippen LogP contribution in [0.4, 0.5) is 20.4 Å². The molecule has 0 amide bonds. The number of halogens is 3. The molecule has 41 heavy (non-hydrogen) atoms. The summed E-state index contributed by atoms with van der Waals surface area (Å²) in [5, 5.41) is 6.71. The van der Waals surface area contributed by atoms with Crippen molar-refractivity contribution in [1.82, 2.24) is 20.3 Å². The highest BCUT2D eigenvalue weighted by atomic mass is 35.5. The van der Waals surface area contributed by atoms with Gasteiger partial charge in [0.25, 0.3) is 0 Å². The van der Waals surface area contributed by atoms with Crippen LogP contribution in [-0.2, 0) is 15.8 Å². The van der Waals surface area contributed by atoms with Crippen LogP contribution in [-0.4, -0.2) is 42.5 Å². The number of anilines is 2. The molecule has 0 radical (unpaired) electrons. The number of ether oxygens (including phenoxy) is 1. The zero-order valence-electron chi connectivity index (χ0n) is 22.1. The van der Waals surface area contributed by atoms with Crippen molar-refractivity contribution in [3.63, 3.8) is 0 Å². The molecule has 1 fully saturated rings. The Balaban J connectivity index is 0.00000387. The van der Waals surface area contributed by atoms with Crippen molar-refractivity contribution in [1.29, 1.82) is 0 Å². The van der Waals surface area contributed by atoms with Gasteiger partial charge in [-0.25, -0.2) is 27.8 Å². The van der Waals surface area contributed by atoms with E-state index in [9.17, 15) is 12.8 Å². The molecule has 0 unspecified atom stereocenters. The van der Waals surface area contributed by atoms with Gasteiger partial charge in [-0.2, -0.15) is 4.39 Å². The zero-order valence-corrected chi connectivity index (χ0v) is 23.7. The van der Waals surface area contributed by atoms with Crippen LogP contribution in [0.25, 0.3) is 11.3 Å². The van der Waals surface area contributed by atoms with E-state index in [4.69, 9.17) is 4.74 Å². The average molecular weight is 603 g/mol. The summed E-state index contributed by atoms with van der Waals surface area (Å²) < 4.78 is 62.8. The van der Waals surface area contributed by atoms with Gasteiger partial charge in [0, 0.05) is 25.0 Å². The van der Waals surface area contributed by atoms with Gasteiger partial charge >= 0.3 is 0 Å². The Morgan fingerprint density at radius 2 is 1.78 bits per heavy atom. The predicted octanol–water partition coefficient (Wildman–Crippen LogP) is 5.38. The van der Waals surface area contributed by atoms with E-state index in [-0.39, 0.29) is 24.3 Å². The van der Waals surface area contributed by atoms with E-state index in [0.29, 0.717) is 28.7 Å². The molecule has 5 rings (SSSR count). The Bertz CT molecular complexity index is 1600. The maximum absolute atomic E-state index is 15.0. The molecule has 0 aliphatic carbocycles. The van der Waals surface area contributed by atoms with Crippen molar-refractivity contribution in [2.75, 3.05) is 23.1 Å². The molecule has 9 nitrogen and oxygen atoms in total. The summed E-state index contributed by atoms with van der Waals surface area (Å²) in [5.74, 6) is -2.66. The number of hydrogen-bond acceptors (Lipinski definition) is 8. The first-order valence-electron chi connectivity index (χ1n) is 12.7. The zero-order chi connectivity index (χ0) is 28.1. The highest BCUT2D eigenvalue weighted by Crippen LogP contribution is 2.34. The highest BCUT2D eigenvalue weighted by molar-refractivity contribution is 7.91. The first-order valence-corrected chi connectivity index (χ1v) is 14.4. The Hall–Kier alpha value is -3.87. The molecule has 2 aromatic heterocycles. The van der Waals surface area contributed by atoms with Crippen molar-refractivity contribution in [3.8, 4) is 22.9 Å². The van der Waals surface area contributed by atoms with E-state index >= 15 is 4.39 Å². The average Bonchev–Trinajstić information content (AvgIpc) is 2.93. The first-order chi connectivity index (χ1) is 19.3. The van der Waals surface area contributed by atoms with Crippen molar-refractivity contribution < 1.29 is 21.9 Å². The van der Waals surface area contributed by atoms with E-state index in [1.54, 1.807) is 54.7 Å². The second kappa shape index (κ2) is 13.2. The van der Waals surface area contributed by atoms with Crippen LogP contribution in [0.15, 0.2) is 73.1 Å². The van der Waals surface area contributed by atoms with E-state index in [1.165, 1.54) is 6.20 Å². The minimum absolute atomic E-state index is 0. The standard InChI is InChI=1S/C28H28F2N6O3S.ClH/c1-18-14-20(16-31-15-18)34-28-33-13-11-22(35-28)21-8-5-12-32-27(21)39-24-10-9-23(25(29)26(24)30)36-40(37,38)17-19-6-3-2-4-7-19;/h2-13,18,20,31,36H,14-17H2,1H3,(H,33,34,35);1H/t18-,20+;/m1./s1. The van der Waals surface area contributed by atoms with Crippen molar-refractivity contribution in [2.45, 2.75) is 25.1 Å². The third kappa shape index (κ3) is 7.66. The van der Waals surface area contributed by atoms with Crippen LogP contribution in [0.2, 0.25) is 0 Å². The van der Waals surface area contributed by atoms with Crippen LogP contribution in [0.5, 0.6) is 11.6 Å². The van der Waals surface area contributed by atoms with E-state index in [1.807, 2.05) is 0 Å². The number of nitrogens with zero attached hydrogens (tertiary/aromatic N) is 3. The fraction of sp³-hybridized carbons (Fsp3) is 0.250. The number of nitrogens with one attached hydrogen (secondary N) is 3. The molecule has 1 aliphatic rings. The quantitative estimate of drug-likeness (QED) is 0.234. The molecule has 0 spiro atoms. The number of sulfonamides is 1. The van der Waals surface area contributed by atoms with Gasteiger partial charge in [-0.3, -0.25) is 4.72 Å². The maximum atomic E-state index is 15.0. The third-order valence-electron chi connectivity index (χ3n) is 6.32. The summed E-state index contributed by atoms with van der Waals surface area (Å²) in [5.41, 5.74) is 0.894. The van der Waals surface area contributed by atoms with E-state index in [0.717, 1.165) is 31.6 Å². The molecule has 2 aromatic carbocycles. The topological polar surface area (TPSA) is 118 Å². The Morgan fingerprint density at radius 3 is 2.56 bits per heavy atom. The smallest absolute Gasteiger partial charge is 0.237 e. The summed E-state index contributed by atoms with van der Waals surface area (Å²) in [6.07, 6.45) is 4.03. The number of rotatable bonds is 9. The molecule has 13 heteroatoms. The minimum Gasteiger partial charge on any atom is -0.435 e. The minimum atomic E-state index is -3.99. The van der Waals surface area contributed by atoms with Gasteiger partial charge in [0.1, 0.15) is 0 Å². The molecule has 216 valence electrons.